The van der Waals surface area contributed by atoms with Crippen molar-refractivity contribution in [3.05, 3.63) is 11.9 Å². The van der Waals surface area contributed by atoms with E-state index in [9.17, 15) is 13.2 Å². The summed E-state index contributed by atoms with van der Waals surface area (Å²) in [7, 11) is 1.61. The van der Waals surface area contributed by atoms with E-state index in [0.717, 1.165) is 0 Å². The van der Waals surface area contributed by atoms with Gasteiger partial charge in [-0.2, -0.15) is 13.2 Å². The van der Waals surface area contributed by atoms with Crippen LogP contribution in [-0.2, 0) is 5.41 Å². The lowest BCUT2D eigenvalue weighted by atomic mass is 9.96. The van der Waals surface area contributed by atoms with Gasteiger partial charge in [-0.25, -0.2) is 9.97 Å². The standard InChI is InChI=1S/C14H23F3N4/c1-6-18-10-9-11(20-12(19-10)13(2,3)4)21(5)8-7-14(15,16)17/h9H,6-8H2,1-5H3,(H,18,19,20). The van der Waals surface area contributed by atoms with Gasteiger partial charge in [0.05, 0.1) is 6.42 Å². The predicted molar refractivity (Wildman–Crippen MR) is 78.8 cm³/mol. The van der Waals surface area contributed by atoms with Crippen molar-refractivity contribution < 1.29 is 13.2 Å². The van der Waals surface area contributed by atoms with Gasteiger partial charge in [0.15, 0.2) is 0 Å². The quantitative estimate of drug-likeness (QED) is 0.902. The highest BCUT2D eigenvalue weighted by Crippen LogP contribution is 2.25. The van der Waals surface area contributed by atoms with E-state index in [1.807, 2.05) is 27.7 Å². The van der Waals surface area contributed by atoms with Crippen molar-refractivity contribution >= 4 is 11.6 Å². The second-order valence-electron chi connectivity index (χ2n) is 6.00. The first-order valence-electron chi connectivity index (χ1n) is 6.94. The molecular formula is C14H23F3N4. The zero-order valence-corrected chi connectivity index (χ0v) is 13.2. The molecule has 1 rings (SSSR count). The monoisotopic (exact) mass is 304 g/mol. The summed E-state index contributed by atoms with van der Waals surface area (Å²) in [6, 6.07) is 1.68. The van der Waals surface area contributed by atoms with Crippen LogP contribution in [0.5, 0.6) is 0 Å². The summed E-state index contributed by atoms with van der Waals surface area (Å²) in [5.74, 6) is 1.73. The fourth-order valence-corrected chi connectivity index (χ4v) is 1.65. The summed E-state index contributed by atoms with van der Waals surface area (Å²) >= 11 is 0. The Kier molecular flexibility index (Phi) is 5.42. The number of hydrogen-bond donors (Lipinski definition) is 1. The minimum Gasteiger partial charge on any atom is -0.370 e. The Hall–Kier alpha value is -1.53. The summed E-state index contributed by atoms with van der Waals surface area (Å²) < 4.78 is 37.0. The van der Waals surface area contributed by atoms with Gasteiger partial charge in [-0.1, -0.05) is 20.8 Å². The van der Waals surface area contributed by atoms with E-state index >= 15 is 0 Å². The molecule has 0 atom stereocenters. The fourth-order valence-electron chi connectivity index (χ4n) is 1.65. The molecule has 0 aromatic carbocycles. The lowest BCUT2D eigenvalue weighted by molar-refractivity contribution is -0.132. The van der Waals surface area contributed by atoms with Gasteiger partial charge in [0, 0.05) is 31.6 Å². The molecule has 0 saturated heterocycles. The molecular weight excluding hydrogens is 281 g/mol. The Bertz CT molecular complexity index is 466. The summed E-state index contributed by atoms with van der Waals surface area (Å²) in [5, 5.41) is 3.09. The molecule has 4 nitrogen and oxygen atoms in total. The van der Waals surface area contributed by atoms with E-state index in [2.05, 4.69) is 15.3 Å². The van der Waals surface area contributed by atoms with E-state index in [1.165, 1.54) is 4.90 Å². The lowest BCUT2D eigenvalue weighted by Crippen LogP contribution is -2.27. The van der Waals surface area contributed by atoms with E-state index < -0.39 is 12.6 Å². The molecule has 1 N–H and O–H groups in total. The summed E-state index contributed by atoms with van der Waals surface area (Å²) in [6.07, 6.45) is -5.03. The Morgan fingerprint density at radius 2 is 1.81 bits per heavy atom. The maximum absolute atomic E-state index is 12.3. The van der Waals surface area contributed by atoms with Crippen LogP contribution >= 0.6 is 0 Å². The third-order valence-electron chi connectivity index (χ3n) is 2.86. The SMILES string of the molecule is CCNc1cc(N(C)CCC(F)(F)F)nc(C(C)(C)C)n1. The highest BCUT2D eigenvalue weighted by Gasteiger charge is 2.28. The molecule has 7 heteroatoms. The highest BCUT2D eigenvalue weighted by atomic mass is 19.4. The van der Waals surface area contributed by atoms with E-state index in [0.29, 0.717) is 24.0 Å². The van der Waals surface area contributed by atoms with E-state index in [4.69, 9.17) is 0 Å². The summed E-state index contributed by atoms with van der Waals surface area (Å²) in [4.78, 5) is 10.3. The molecule has 0 bridgehead atoms. The molecule has 0 unspecified atom stereocenters. The van der Waals surface area contributed by atoms with Crippen LogP contribution in [0.4, 0.5) is 24.8 Å². The van der Waals surface area contributed by atoms with Crippen molar-refractivity contribution in [1.29, 1.82) is 0 Å². The second-order valence-corrected chi connectivity index (χ2v) is 6.00. The van der Waals surface area contributed by atoms with Crippen molar-refractivity contribution in [2.75, 3.05) is 30.4 Å². The largest absolute Gasteiger partial charge is 0.390 e. The molecule has 21 heavy (non-hydrogen) atoms. The number of nitrogens with one attached hydrogen (secondary N) is 1. The summed E-state index contributed by atoms with van der Waals surface area (Å²) in [6.45, 7) is 8.40. The average molecular weight is 304 g/mol. The van der Waals surface area contributed by atoms with Gasteiger partial charge in [0.1, 0.15) is 17.5 Å². The first kappa shape index (κ1) is 17.5. The van der Waals surface area contributed by atoms with E-state index in [-0.39, 0.29) is 12.0 Å². The van der Waals surface area contributed by atoms with Crippen LogP contribution in [0, 0.1) is 0 Å². The van der Waals surface area contributed by atoms with Gasteiger partial charge in [-0.05, 0) is 6.92 Å². The maximum Gasteiger partial charge on any atom is 0.390 e. The number of aromatic nitrogens is 2. The third kappa shape index (κ3) is 5.77. The molecule has 0 aliphatic rings. The molecule has 0 radical (unpaired) electrons. The lowest BCUT2D eigenvalue weighted by Gasteiger charge is -2.23. The first-order chi connectivity index (χ1) is 9.53. The van der Waals surface area contributed by atoms with Gasteiger partial charge in [0.25, 0.3) is 0 Å². The minimum absolute atomic E-state index is 0.129. The molecule has 120 valence electrons. The van der Waals surface area contributed by atoms with Gasteiger partial charge >= 0.3 is 6.18 Å². The van der Waals surface area contributed by atoms with Gasteiger partial charge in [0.2, 0.25) is 0 Å². The smallest absolute Gasteiger partial charge is 0.370 e. The molecule has 0 spiro atoms. The number of rotatable bonds is 5. The van der Waals surface area contributed by atoms with Crippen molar-refractivity contribution in [1.82, 2.24) is 9.97 Å². The van der Waals surface area contributed by atoms with Gasteiger partial charge in [-0.3, -0.25) is 0 Å². The molecule has 0 amide bonds. The van der Waals surface area contributed by atoms with Crippen LogP contribution in [0.25, 0.3) is 0 Å². The van der Waals surface area contributed by atoms with Crippen LogP contribution < -0.4 is 10.2 Å². The predicted octanol–water partition coefficient (Wildman–Crippen LogP) is 3.59. The van der Waals surface area contributed by atoms with Crippen LogP contribution in [0.3, 0.4) is 0 Å². The Labute approximate surface area is 123 Å². The average Bonchev–Trinajstić information content (AvgIpc) is 2.34. The normalized spacial score (nSPS) is 12.4. The van der Waals surface area contributed by atoms with Gasteiger partial charge < -0.3 is 10.2 Å². The molecule has 1 aromatic rings. The Morgan fingerprint density at radius 3 is 2.29 bits per heavy atom. The fraction of sp³-hybridized carbons (Fsp3) is 0.714. The van der Waals surface area contributed by atoms with E-state index in [1.54, 1.807) is 13.1 Å². The zero-order valence-electron chi connectivity index (χ0n) is 13.2. The van der Waals surface area contributed by atoms with Crippen molar-refractivity contribution in [2.24, 2.45) is 0 Å². The summed E-state index contributed by atoms with van der Waals surface area (Å²) in [5.41, 5.74) is -0.273. The first-order valence-corrected chi connectivity index (χ1v) is 6.94. The third-order valence-corrected chi connectivity index (χ3v) is 2.86. The second kappa shape index (κ2) is 6.49. The molecule has 1 heterocycles. The number of alkyl halides is 3. The Morgan fingerprint density at radius 1 is 1.19 bits per heavy atom. The van der Waals surface area contributed by atoms with Crippen LogP contribution in [0.1, 0.15) is 39.9 Å². The number of anilines is 2. The van der Waals surface area contributed by atoms with Crippen LogP contribution in [0.15, 0.2) is 6.07 Å². The molecule has 0 saturated carbocycles. The maximum atomic E-state index is 12.3. The topological polar surface area (TPSA) is 41.0 Å². The van der Waals surface area contributed by atoms with Gasteiger partial charge in [-0.15, -0.1) is 0 Å². The zero-order chi connectivity index (χ0) is 16.3. The molecule has 0 aliphatic carbocycles. The van der Waals surface area contributed by atoms with Crippen LogP contribution in [0.2, 0.25) is 0 Å². The van der Waals surface area contributed by atoms with Crippen molar-refractivity contribution in [3.8, 4) is 0 Å². The number of hydrogen-bond acceptors (Lipinski definition) is 4. The highest BCUT2D eigenvalue weighted by molar-refractivity contribution is 5.49. The minimum atomic E-state index is -4.17. The number of halogens is 3. The molecule has 0 fully saturated rings. The molecule has 1 aromatic heterocycles. The molecule has 0 aliphatic heterocycles. The van der Waals surface area contributed by atoms with Crippen molar-refractivity contribution in [2.45, 2.75) is 45.7 Å². The Balaban J connectivity index is 3.02. The van der Waals surface area contributed by atoms with Crippen molar-refractivity contribution in [3.63, 3.8) is 0 Å². The number of nitrogens with zero attached hydrogens (tertiary/aromatic N) is 3. The van der Waals surface area contributed by atoms with Crippen LogP contribution in [-0.4, -0.2) is 36.3 Å².